The number of hydrogen-bond donors (Lipinski definition) is 1. The van der Waals surface area contributed by atoms with Gasteiger partial charge in [0.2, 0.25) is 0 Å². The molecule has 1 N–H and O–H groups in total. The zero-order valence-corrected chi connectivity index (χ0v) is 26.1. The smallest absolute Gasteiger partial charge is 0.361 e. The van der Waals surface area contributed by atoms with Crippen LogP contribution in [0.15, 0.2) is 0 Å². The fourth-order valence-electron chi connectivity index (χ4n) is 4.23. The second kappa shape index (κ2) is 27.3. The molecule has 40 heavy (non-hydrogen) atoms. The molecule has 0 heterocycles. The van der Waals surface area contributed by atoms with Gasteiger partial charge in [0.1, 0.15) is 13.2 Å². The van der Waals surface area contributed by atoms with Crippen molar-refractivity contribution < 1.29 is 55.4 Å². The predicted molar refractivity (Wildman–Crippen MR) is 151 cm³/mol. The summed E-state index contributed by atoms with van der Waals surface area (Å²) in [6, 6.07) is 0. The van der Waals surface area contributed by atoms with Crippen LogP contribution in [0.2, 0.25) is 0 Å². The molecule has 0 atom stereocenters. The predicted octanol–water partition coefficient (Wildman–Crippen LogP) is 2.82. The van der Waals surface area contributed by atoms with E-state index in [9.17, 15) is 19.2 Å². The molecule has 0 radical (unpaired) electrons. The van der Waals surface area contributed by atoms with Crippen molar-refractivity contribution in [3.05, 3.63) is 0 Å². The number of quaternary nitrogens is 1. The molecule has 0 saturated heterocycles. The van der Waals surface area contributed by atoms with Crippen molar-refractivity contribution in [3.8, 4) is 0 Å². The molecule has 0 amide bonds. The van der Waals surface area contributed by atoms with Crippen LogP contribution < -0.4 is 12.4 Å². The van der Waals surface area contributed by atoms with Crippen LogP contribution >= 0.6 is 0 Å². The van der Waals surface area contributed by atoms with Gasteiger partial charge in [-0.15, -0.1) is 0 Å². The van der Waals surface area contributed by atoms with E-state index in [1.807, 2.05) is 14.1 Å². The van der Waals surface area contributed by atoms with Crippen molar-refractivity contribution in [3.63, 3.8) is 0 Å². The number of rotatable bonds is 27. The second-order valence-corrected chi connectivity index (χ2v) is 11.1. The Kier molecular flexibility index (Phi) is 27.5. The van der Waals surface area contributed by atoms with Gasteiger partial charge in [0.05, 0.1) is 27.3 Å². The Labute approximate surface area is 248 Å². The van der Waals surface area contributed by atoms with Crippen molar-refractivity contribution in [1.82, 2.24) is 0 Å². The lowest BCUT2D eigenvalue weighted by molar-refractivity contribution is -0.883. The number of likely N-dealkylation sites (N-methyl/N-ethyl adjacent to an activating group) is 1. The van der Waals surface area contributed by atoms with Crippen LogP contribution in [-0.4, -0.2) is 80.5 Å². The molecule has 0 aliphatic rings. The monoisotopic (exact) mass is 593 g/mol. The number of unbranched alkanes of at least 4 members (excludes halogenated alkanes) is 14. The third-order valence-corrected chi connectivity index (χ3v) is 6.65. The zero-order chi connectivity index (χ0) is 29.2. The van der Waals surface area contributed by atoms with E-state index < -0.39 is 5.97 Å². The van der Waals surface area contributed by atoms with Crippen molar-refractivity contribution in [2.24, 2.45) is 0 Å². The average Bonchev–Trinajstić information content (AvgIpc) is 2.84. The summed E-state index contributed by atoms with van der Waals surface area (Å²) < 4.78 is 16.0. The number of ether oxygens (including phenoxy) is 3. The molecule has 0 aliphatic heterocycles. The average molecular weight is 594 g/mol. The highest BCUT2D eigenvalue weighted by Crippen LogP contribution is 2.12. The van der Waals surface area contributed by atoms with Crippen LogP contribution in [0, 0.1) is 0 Å². The molecule has 0 unspecified atom stereocenters. The molecule has 0 fully saturated rings. The molecular formula is C30H56ClNO8. The Morgan fingerprint density at radius 1 is 0.550 bits per heavy atom. The molecule has 0 saturated carbocycles. The highest BCUT2D eigenvalue weighted by atomic mass is 35.5. The molecule has 0 spiro atoms. The minimum Gasteiger partial charge on any atom is -1.00 e. The molecule has 0 aromatic heterocycles. The zero-order valence-electron chi connectivity index (χ0n) is 25.4. The standard InChI is InChI=1S/C30H55NO8.ClH/c1-27(32)37-25-22-31(2,3)26-30(36)39-24-19-15-11-7-6-10-14-18-23-38-29(35)21-17-13-9-5-4-8-12-16-20-28(33)34;/h4-26H2,1-3H3;1H. The number of carbonyl (C=O) groups excluding carboxylic acids is 3. The minimum atomic E-state index is -0.713. The van der Waals surface area contributed by atoms with Crippen LogP contribution in [0.1, 0.15) is 122 Å². The first-order valence-electron chi connectivity index (χ1n) is 15.1. The molecule has 10 heteroatoms. The first-order chi connectivity index (χ1) is 18.6. The Balaban J connectivity index is 0. The van der Waals surface area contributed by atoms with Gasteiger partial charge in [-0.25, -0.2) is 4.79 Å². The first-order valence-corrected chi connectivity index (χ1v) is 15.1. The number of hydrogen-bond acceptors (Lipinski definition) is 7. The summed E-state index contributed by atoms with van der Waals surface area (Å²) >= 11 is 0. The first kappa shape index (κ1) is 40.3. The number of nitrogens with zero attached hydrogens (tertiary/aromatic N) is 1. The van der Waals surface area contributed by atoms with Crippen LogP contribution in [0.25, 0.3) is 0 Å². The van der Waals surface area contributed by atoms with Gasteiger partial charge in [-0.3, -0.25) is 14.4 Å². The van der Waals surface area contributed by atoms with Crippen LogP contribution in [0.4, 0.5) is 0 Å². The lowest BCUT2D eigenvalue weighted by Crippen LogP contribution is -3.00. The minimum absolute atomic E-state index is 0. The summed E-state index contributed by atoms with van der Waals surface area (Å²) in [5.41, 5.74) is 0. The SMILES string of the molecule is CC(=O)OCC[N+](C)(C)CC(=O)OCCCCCCCCCCOC(=O)CCCCCCCCCCC(=O)O.[Cl-]. The van der Waals surface area contributed by atoms with Crippen molar-refractivity contribution >= 4 is 23.9 Å². The van der Waals surface area contributed by atoms with E-state index in [-0.39, 0.29) is 43.3 Å². The summed E-state index contributed by atoms with van der Waals surface area (Å²) in [7, 11) is 3.83. The topological polar surface area (TPSA) is 116 Å². The molecule has 0 aliphatic carbocycles. The Morgan fingerprint density at radius 2 is 0.950 bits per heavy atom. The molecule has 0 bridgehead atoms. The molecular weight excluding hydrogens is 538 g/mol. The van der Waals surface area contributed by atoms with Gasteiger partial charge in [0, 0.05) is 19.8 Å². The maximum atomic E-state index is 12.0. The lowest BCUT2D eigenvalue weighted by atomic mass is 10.1. The Hall–Kier alpha value is -1.87. The number of carboxylic acids is 1. The summed E-state index contributed by atoms with van der Waals surface area (Å²) in [5, 5.41) is 8.60. The van der Waals surface area contributed by atoms with Crippen LogP contribution in [0.3, 0.4) is 0 Å². The van der Waals surface area contributed by atoms with Gasteiger partial charge in [0.25, 0.3) is 0 Å². The van der Waals surface area contributed by atoms with Crippen molar-refractivity contribution in [2.45, 2.75) is 122 Å². The van der Waals surface area contributed by atoms with Gasteiger partial charge in [0.15, 0.2) is 6.54 Å². The highest BCUT2D eigenvalue weighted by molar-refractivity contribution is 5.70. The Morgan fingerprint density at radius 3 is 1.40 bits per heavy atom. The Bertz CT molecular complexity index is 672. The number of carbonyl (C=O) groups is 4. The third-order valence-electron chi connectivity index (χ3n) is 6.65. The van der Waals surface area contributed by atoms with E-state index >= 15 is 0 Å². The molecule has 0 aromatic rings. The number of aliphatic carboxylic acids is 1. The second-order valence-electron chi connectivity index (χ2n) is 11.1. The fraction of sp³-hybridized carbons (Fsp3) is 0.867. The van der Waals surface area contributed by atoms with E-state index in [0.29, 0.717) is 37.3 Å². The van der Waals surface area contributed by atoms with Crippen LogP contribution in [-0.2, 0) is 33.4 Å². The third kappa shape index (κ3) is 30.7. The number of carboxylic acid groups (broad SMARTS) is 1. The number of halogens is 1. The summed E-state index contributed by atoms with van der Waals surface area (Å²) in [5.74, 6) is -1.33. The molecule has 0 aromatic carbocycles. The maximum absolute atomic E-state index is 12.0. The van der Waals surface area contributed by atoms with E-state index in [4.69, 9.17) is 19.3 Å². The fourth-order valence-corrected chi connectivity index (χ4v) is 4.23. The van der Waals surface area contributed by atoms with Gasteiger partial charge in [-0.1, -0.05) is 77.0 Å². The molecule has 236 valence electrons. The van der Waals surface area contributed by atoms with Gasteiger partial charge < -0.3 is 36.2 Å². The summed E-state index contributed by atoms with van der Waals surface area (Å²) in [4.78, 5) is 45.1. The molecule has 9 nitrogen and oxygen atoms in total. The van der Waals surface area contributed by atoms with Crippen molar-refractivity contribution in [1.29, 1.82) is 0 Å². The van der Waals surface area contributed by atoms with E-state index in [0.717, 1.165) is 96.3 Å². The van der Waals surface area contributed by atoms with Crippen LogP contribution in [0.5, 0.6) is 0 Å². The summed E-state index contributed by atoms with van der Waals surface area (Å²) in [6.07, 6.45) is 17.5. The quantitative estimate of drug-likeness (QED) is 0.0669. The van der Waals surface area contributed by atoms with Crippen molar-refractivity contribution in [2.75, 3.05) is 47.0 Å². The largest absolute Gasteiger partial charge is 1.00 e. The maximum Gasteiger partial charge on any atom is 0.361 e. The van der Waals surface area contributed by atoms with Gasteiger partial charge in [-0.2, -0.15) is 0 Å². The molecule has 0 rings (SSSR count). The highest BCUT2D eigenvalue weighted by Gasteiger charge is 2.21. The van der Waals surface area contributed by atoms with Gasteiger partial charge in [-0.05, 0) is 25.7 Å². The van der Waals surface area contributed by atoms with Gasteiger partial charge >= 0.3 is 23.9 Å². The summed E-state index contributed by atoms with van der Waals surface area (Å²) in [6.45, 7) is 3.46. The van der Waals surface area contributed by atoms with E-state index in [1.165, 1.54) is 13.3 Å². The number of esters is 3. The van der Waals surface area contributed by atoms with E-state index in [2.05, 4.69) is 0 Å². The van der Waals surface area contributed by atoms with E-state index in [1.54, 1.807) is 0 Å². The normalized spacial score (nSPS) is 11.0. The lowest BCUT2D eigenvalue weighted by Gasteiger charge is -2.28.